The Morgan fingerprint density at radius 2 is 1.15 bits per heavy atom. The van der Waals surface area contributed by atoms with Crippen LogP contribution in [0.3, 0.4) is 0 Å². The van der Waals surface area contributed by atoms with Crippen molar-refractivity contribution in [1.29, 1.82) is 0 Å². The van der Waals surface area contributed by atoms with Crippen LogP contribution in [0, 0.1) is 12.8 Å². The van der Waals surface area contributed by atoms with Gasteiger partial charge in [-0.25, -0.2) is 0 Å². The number of benzene rings is 1. The number of aryl methyl sites for hydroxylation is 1. The Labute approximate surface area is 206 Å². The SMILES string of the molecule is CCCCCCCCCCC(CCCCCCCCCC)COC(=O)Cc1ccccc1C. The lowest BCUT2D eigenvalue weighted by Gasteiger charge is -2.17. The molecule has 0 aliphatic heterocycles. The minimum absolute atomic E-state index is 0.0684. The summed E-state index contributed by atoms with van der Waals surface area (Å²) < 4.78 is 5.77. The third kappa shape index (κ3) is 16.9. The minimum atomic E-state index is -0.0684. The first-order valence-corrected chi connectivity index (χ1v) is 14.4. The first-order chi connectivity index (χ1) is 16.2. The summed E-state index contributed by atoms with van der Waals surface area (Å²) in [4.78, 5) is 12.4. The van der Waals surface area contributed by atoms with E-state index in [1.54, 1.807) is 0 Å². The van der Waals surface area contributed by atoms with Crippen LogP contribution in [0.5, 0.6) is 0 Å². The van der Waals surface area contributed by atoms with E-state index in [2.05, 4.69) is 26.8 Å². The van der Waals surface area contributed by atoms with E-state index in [9.17, 15) is 4.79 Å². The lowest BCUT2D eigenvalue weighted by Crippen LogP contribution is -2.16. The monoisotopic (exact) mass is 458 g/mol. The summed E-state index contributed by atoms with van der Waals surface area (Å²) in [6, 6.07) is 8.13. The van der Waals surface area contributed by atoms with Gasteiger partial charge in [0.05, 0.1) is 13.0 Å². The Balaban J connectivity index is 2.30. The molecule has 0 atom stereocenters. The highest BCUT2D eigenvalue weighted by molar-refractivity contribution is 5.73. The van der Waals surface area contributed by atoms with Crippen molar-refractivity contribution in [1.82, 2.24) is 0 Å². The molecule has 1 rings (SSSR count). The van der Waals surface area contributed by atoms with Crippen LogP contribution in [0.25, 0.3) is 0 Å². The van der Waals surface area contributed by atoms with Gasteiger partial charge in [-0.3, -0.25) is 4.79 Å². The van der Waals surface area contributed by atoms with Crippen molar-refractivity contribution >= 4 is 5.97 Å². The van der Waals surface area contributed by atoms with Gasteiger partial charge in [0.2, 0.25) is 0 Å². The lowest BCUT2D eigenvalue weighted by molar-refractivity contribution is -0.144. The highest BCUT2D eigenvalue weighted by Gasteiger charge is 2.13. The van der Waals surface area contributed by atoms with Crippen molar-refractivity contribution < 1.29 is 9.53 Å². The van der Waals surface area contributed by atoms with Crippen LogP contribution < -0.4 is 0 Å². The van der Waals surface area contributed by atoms with Gasteiger partial charge in [-0.05, 0) is 36.8 Å². The normalized spacial score (nSPS) is 11.3. The maximum absolute atomic E-state index is 12.4. The second-order valence-electron chi connectivity index (χ2n) is 10.2. The van der Waals surface area contributed by atoms with Crippen molar-refractivity contribution in [2.45, 2.75) is 143 Å². The summed E-state index contributed by atoms with van der Waals surface area (Å²) in [6.45, 7) is 7.23. The molecule has 0 amide bonds. The summed E-state index contributed by atoms with van der Waals surface area (Å²) in [5.41, 5.74) is 2.26. The fraction of sp³-hybridized carbons (Fsp3) is 0.774. The third-order valence-electron chi connectivity index (χ3n) is 7.01. The smallest absolute Gasteiger partial charge is 0.310 e. The number of hydrogen-bond acceptors (Lipinski definition) is 2. The average Bonchev–Trinajstić information content (AvgIpc) is 2.81. The molecule has 0 bridgehead atoms. The molecule has 0 radical (unpaired) electrons. The molecule has 33 heavy (non-hydrogen) atoms. The Hall–Kier alpha value is -1.31. The highest BCUT2D eigenvalue weighted by Crippen LogP contribution is 2.20. The number of ether oxygens (including phenoxy) is 1. The molecular formula is C31H54O2. The van der Waals surface area contributed by atoms with E-state index in [0.717, 1.165) is 5.56 Å². The van der Waals surface area contributed by atoms with E-state index in [-0.39, 0.29) is 5.97 Å². The van der Waals surface area contributed by atoms with Gasteiger partial charge < -0.3 is 4.74 Å². The van der Waals surface area contributed by atoms with E-state index >= 15 is 0 Å². The Bertz CT molecular complexity index is 560. The predicted molar refractivity (Wildman–Crippen MR) is 144 cm³/mol. The van der Waals surface area contributed by atoms with Gasteiger partial charge in [0, 0.05) is 0 Å². The van der Waals surface area contributed by atoms with E-state index in [4.69, 9.17) is 4.74 Å². The molecule has 0 fully saturated rings. The maximum Gasteiger partial charge on any atom is 0.310 e. The fourth-order valence-electron chi connectivity index (χ4n) is 4.67. The molecule has 0 spiro atoms. The predicted octanol–water partition coefficient (Wildman–Crippen LogP) is 9.76. The maximum atomic E-state index is 12.4. The number of carbonyl (C=O) groups excluding carboxylic acids is 1. The molecule has 0 heterocycles. The average molecular weight is 459 g/mol. The Morgan fingerprint density at radius 1 is 0.697 bits per heavy atom. The van der Waals surface area contributed by atoms with Crippen molar-refractivity contribution in [3.05, 3.63) is 35.4 Å². The largest absolute Gasteiger partial charge is 0.465 e. The Kier molecular flexibility index (Phi) is 19.1. The molecule has 0 saturated carbocycles. The van der Waals surface area contributed by atoms with E-state index in [1.165, 1.54) is 121 Å². The van der Waals surface area contributed by atoms with Gasteiger partial charge in [0.15, 0.2) is 0 Å². The fourth-order valence-corrected chi connectivity index (χ4v) is 4.67. The second kappa shape index (κ2) is 21.2. The zero-order chi connectivity index (χ0) is 24.0. The zero-order valence-electron chi connectivity index (χ0n) is 22.3. The topological polar surface area (TPSA) is 26.3 Å². The standard InChI is InChI=1S/C31H54O2/c1-4-6-8-10-12-14-16-18-23-29(24-19-17-15-13-11-9-7-5-2)27-33-31(32)26-30-25-21-20-22-28(30)3/h20-22,25,29H,4-19,23-24,26-27H2,1-3H3. The van der Waals surface area contributed by atoms with E-state index < -0.39 is 0 Å². The van der Waals surface area contributed by atoms with Crippen LogP contribution in [0.1, 0.15) is 141 Å². The van der Waals surface area contributed by atoms with Crippen LogP contribution in [-0.4, -0.2) is 12.6 Å². The molecule has 2 nitrogen and oxygen atoms in total. The highest BCUT2D eigenvalue weighted by atomic mass is 16.5. The second-order valence-corrected chi connectivity index (χ2v) is 10.2. The molecule has 0 unspecified atom stereocenters. The number of esters is 1. The molecule has 0 aliphatic rings. The molecule has 2 heteroatoms. The van der Waals surface area contributed by atoms with Crippen molar-refractivity contribution in [3.8, 4) is 0 Å². The van der Waals surface area contributed by atoms with Crippen LogP contribution >= 0.6 is 0 Å². The van der Waals surface area contributed by atoms with Crippen LogP contribution in [0.2, 0.25) is 0 Å². The van der Waals surface area contributed by atoms with Gasteiger partial charge in [0.25, 0.3) is 0 Å². The lowest BCUT2D eigenvalue weighted by atomic mass is 9.94. The summed E-state index contributed by atoms with van der Waals surface area (Å²) >= 11 is 0. The summed E-state index contributed by atoms with van der Waals surface area (Å²) in [6.07, 6.45) is 24.5. The third-order valence-corrected chi connectivity index (χ3v) is 7.01. The first-order valence-electron chi connectivity index (χ1n) is 14.4. The summed E-state index contributed by atoms with van der Waals surface area (Å²) in [7, 11) is 0. The van der Waals surface area contributed by atoms with Gasteiger partial charge in [-0.1, -0.05) is 141 Å². The molecule has 1 aromatic carbocycles. The molecule has 0 aromatic heterocycles. The number of rotatable bonds is 22. The molecular weight excluding hydrogens is 404 g/mol. The number of hydrogen-bond donors (Lipinski definition) is 0. The van der Waals surface area contributed by atoms with Crippen molar-refractivity contribution in [2.75, 3.05) is 6.61 Å². The molecule has 190 valence electrons. The zero-order valence-corrected chi connectivity index (χ0v) is 22.3. The summed E-state index contributed by atoms with van der Waals surface area (Å²) in [5.74, 6) is 0.465. The Morgan fingerprint density at radius 3 is 1.64 bits per heavy atom. The van der Waals surface area contributed by atoms with Crippen molar-refractivity contribution in [3.63, 3.8) is 0 Å². The van der Waals surface area contributed by atoms with Crippen LogP contribution in [-0.2, 0) is 16.0 Å². The van der Waals surface area contributed by atoms with E-state index in [1.807, 2.05) is 18.2 Å². The molecule has 0 aliphatic carbocycles. The minimum Gasteiger partial charge on any atom is -0.465 e. The van der Waals surface area contributed by atoms with Gasteiger partial charge in [-0.15, -0.1) is 0 Å². The number of unbranched alkanes of at least 4 members (excludes halogenated alkanes) is 14. The molecule has 1 aromatic rings. The number of carbonyl (C=O) groups is 1. The van der Waals surface area contributed by atoms with Crippen LogP contribution in [0.15, 0.2) is 24.3 Å². The van der Waals surface area contributed by atoms with Gasteiger partial charge in [0.1, 0.15) is 0 Å². The van der Waals surface area contributed by atoms with Gasteiger partial charge >= 0.3 is 5.97 Å². The van der Waals surface area contributed by atoms with Gasteiger partial charge in [-0.2, -0.15) is 0 Å². The van der Waals surface area contributed by atoms with E-state index in [0.29, 0.717) is 18.9 Å². The van der Waals surface area contributed by atoms with Crippen LogP contribution in [0.4, 0.5) is 0 Å². The first kappa shape index (κ1) is 29.7. The van der Waals surface area contributed by atoms with Crippen molar-refractivity contribution in [2.24, 2.45) is 5.92 Å². The molecule has 0 N–H and O–H groups in total. The molecule has 0 saturated heterocycles. The summed E-state index contributed by atoms with van der Waals surface area (Å²) in [5, 5.41) is 0. The quantitative estimate of drug-likeness (QED) is 0.128.